The minimum Gasteiger partial charge on any atom is -0.480 e. The molecule has 1 aromatic heterocycles. The van der Waals surface area contributed by atoms with Crippen LogP contribution in [0.15, 0.2) is 12.3 Å². The first-order chi connectivity index (χ1) is 8.66. The fourth-order valence-electron chi connectivity index (χ4n) is 2.19. The van der Waals surface area contributed by atoms with Gasteiger partial charge in [0.2, 0.25) is 0 Å². The van der Waals surface area contributed by atoms with Crippen molar-refractivity contribution in [3.05, 3.63) is 18.0 Å². The zero-order valence-electron chi connectivity index (χ0n) is 10.3. The third-order valence-electron chi connectivity index (χ3n) is 3.23. The van der Waals surface area contributed by atoms with Gasteiger partial charge in [0.25, 0.3) is 0 Å². The second-order valence-corrected chi connectivity index (χ2v) is 5.72. The van der Waals surface area contributed by atoms with E-state index in [-0.39, 0.29) is 0 Å². The summed E-state index contributed by atoms with van der Waals surface area (Å²) < 4.78 is 2.06. The molecule has 1 aromatic rings. The lowest BCUT2D eigenvalue weighted by molar-refractivity contribution is -0.137. The molecule has 1 aliphatic carbocycles. The van der Waals surface area contributed by atoms with Gasteiger partial charge in [0.05, 0.1) is 11.7 Å². The molecule has 0 spiro atoms. The van der Waals surface area contributed by atoms with E-state index in [9.17, 15) is 4.79 Å². The number of hydrogen-bond acceptors (Lipinski definition) is 4. The maximum atomic E-state index is 10.6. The Morgan fingerprint density at radius 2 is 2.33 bits per heavy atom. The van der Waals surface area contributed by atoms with Crippen LogP contribution >= 0.6 is 11.8 Å². The summed E-state index contributed by atoms with van der Waals surface area (Å²) in [6.07, 6.45) is 7.06. The van der Waals surface area contributed by atoms with Gasteiger partial charge in [-0.15, -0.1) is 0 Å². The maximum Gasteiger partial charge on any atom is 0.321 e. The monoisotopic (exact) mass is 269 g/mol. The quantitative estimate of drug-likeness (QED) is 0.820. The summed E-state index contributed by atoms with van der Waals surface area (Å²) in [7, 11) is 0. The van der Waals surface area contributed by atoms with Crippen molar-refractivity contribution >= 4 is 17.7 Å². The van der Waals surface area contributed by atoms with Gasteiger partial charge < -0.3 is 10.8 Å². The first-order valence-electron chi connectivity index (χ1n) is 6.27. The Morgan fingerprint density at radius 1 is 1.61 bits per heavy atom. The Bertz CT molecular complexity index is 402. The molecule has 0 bridgehead atoms. The summed E-state index contributed by atoms with van der Waals surface area (Å²) >= 11 is 1.52. The molecule has 1 heterocycles. The van der Waals surface area contributed by atoms with E-state index in [1.165, 1.54) is 37.4 Å². The first kappa shape index (κ1) is 13.4. The molecule has 3 N–H and O–H groups in total. The number of carbonyl (C=O) groups is 1. The van der Waals surface area contributed by atoms with E-state index in [1.807, 2.05) is 12.3 Å². The summed E-state index contributed by atoms with van der Waals surface area (Å²) in [6, 6.07) is 1.79. The Morgan fingerprint density at radius 3 is 3.00 bits per heavy atom. The summed E-state index contributed by atoms with van der Waals surface area (Å²) in [5.74, 6) is 0.200. The van der Waals surface area contributed by atoms with Crippen molar-refractivity contribution in [1.82, 2.24) is 9.78 Å². The van der Waals surface area contributed by atoms with E-state index < -0.39 is 12.0 Å². The Hall–Kier alpha value is -1.01. The maximum absolute atomic E-state index is 10.6. The third kappa shape index (κ3) is 3.49. The van der Waals surface area contributed by atoms with Crippen molar-refractivity contribution in [2.75, 3.05) is 5.75 Å². The molecular weight excluding hydrogens is 250 g/mol. The summed E-state index contributed by atoms with van der Waals surface area (Å²) in [5, 5.41) is 13.2. The van der Waals surface area contributed by atoms with E-state index in [4.69, 9.17) is 10.8 Å². The summed E-state index contributed by atoms with van der Waals surface area (Å²) in [5.41, 5.74) is 6.44. The van der Waals surface area contributed by atoms with Gasteiger partial charge in [-0.25, -0.2) is 0 Å². The molecular formula is C12H19N3O2S. The fraction of sp³-hybridized carbons (Fsp3) is 0.667. The van der Waals surface area contributed by atoms with Crippen LogP contribution in [0.3, 0.4) is 0 Å². The molecule has 0 aliphatic heterocycles. The van der Waals surface area contributed by atoms with Crippen LogP contribution in [-0.4, -0.2) is 32.7 Å². The highest BCUT2D eigenvalue weighted by Crippen LogP contribution is 2.28. The third-order valence-corrected chi connectivity index (χ3v) is 4.32. The predicted molar refractivity (Wildman–Crippen MR) is 71.5 cm³/mol. The van der Waals surface area contributed by atoms with Gasteiger partial charge in [-0.3, -0.25) is 9.48 Å². The smallest absolute Gasteiger partial charge is 0.321 e. The van der Waals surface area contributed by atoms with Crippen LogP contribution in [0.1, 0.15) is 37.4 Å². The van der Waals surface area contributed by atoms with Gasteiger partial charge in [0.1, 0.15) is 6.04 Å². The molecule has 0 radical (unpaired) electrons. The molecule has 5 nitrogen and oxygen atoms in total. The molecule has 6 heteroatoms. The number of carboxylic acid groups (broad SMARTS) is 1. The molecule has 100 valence electrons. The molecule has 1 saturated carbocycles. The van der Waals surface area contributed by atoms with Crippen LogP contribution < -0.4 is 5.73 Å². The lowest BCUT2D eigenvalue weighted by Gasteiger charge is -2.09. The number of nitrogens with two attached hydrogens (primary N) is 1. The predicted octanol–water partition coefficient (Wildman–Crippen LogP) is 1.64. The van der Waals surface area contributed by atoms with Crippen LogP contribution in [0.2, 0.25) is 0 Å². The molecule has 0 saturated heterocycles. The van der Waals surface area contributed by atoms with Gasteiger partial charge >= 0.3 is 5.97 Å². The average Bonchev–Trinajstić information content (AvgIpc) is 2.98. The zero-order chi connectivity index (χ0) is 13.0. The lowest BCUT2D eigenvalue weighted by Crippen LogP contribution is -2.32. The fourth-order valence-corrected chi connectivity index (χ4v) is 3.07. The van der Waals surface area contributed by atoms with Crippen molar-refractivity contribution in [3.63, 3.8) is 0 Å². The number of aromatic nitrogens is 2. The molecule has 18 heavy (non-hydrogen) atoms. The number of nitrogens with zero attached hydrogens (tertiary/aromatic N) is 2. The number of rotatable bonds is 6. The SMILES string of the molecule is N[C@H](CSCc1ccn(C2CCCC2)n1)C(=O)O. The minimum atomic E-state index is -0.945. The van der Waals surface area contributed by atoms with Crippen molar-refractivity contribution in [1.29, 1.82) is 0 Å². The Labute approximate surface area is 111 Å². The summed E-state index contributed by atoms with van der Waals surface area (Å²) in [6.45, 7) is 0. The van der Waals surface area contributed by atoms with Crippen LogP contribution in [0.4, 0.5) is 0 Å². The number of carboxylic acids is 1. The van der Waals surface area contributed by atoms with Crippen LogP contribution in [-0.2, 0) is 10.5 Å². The second kappa shape index (κ2) is 6.24. The Balaban J connectivity index is 1.78. The number of aliphatic carboxylic acids is 1. The Kier molecular flexibility index (Phi) is 4.66. The van der Waals surface area contributed by atoms with Gasteiger partial charge in [-0.1, -0.05) is 12.8 Å². The van der Waals surface area contributed by atoms with Gasteiger partial charge in [-0.2, -0.15) is 16.9 Å². The van der Waals surface area contributed by atoms with Crippen molar-refractivity contribution in [2.24, 2.45) is 5.73 Å². The summed E-state index contributed by atoms with van der Waals surface area (Å²) in [4.78, 5) is 10.6. The van der Waals surface area contributed by atoms with E-state index in [0.29, 0.717) is 11.8 Å². The lowest BCUT2D eigenvalue weighted by atomic mass is 10.3. The van der Waals surface area contributed by atoms with Crippen LogP contribution in [0.5, 0.6) is 0 Å². The van der Waals surface area contributed by atoms with Crippen molar-refractivity contribution in [2.45, 2.75) is 43.5 Å². The molecule has 1 aliphatic rings. The van der Waals surface area contributed by atoms with Crippen LogP contribution in [0, 0.1) is 0 Å². The van der Waals surface area contributed by atoms with Gasteiger partial charge in [0.15, 0.2) is 0 Å². The highest BCUT2D eigenvalue weighted by atomic mass is 32.2. The van der Waals surface area contributed by atoms with Crippen molar-refractivity contribution in [3.8, 4) is 0 Å². The molecule has 1 fully saturated rings. The average molecular weight is 269 g/mol. The normalized spacial score (nSPS) is 18.1. The van der Waals surface area contributed by atoms with Gasteiger partial charge in [0, 0.05) is 17.7 Å². The van der Waals surface area contributed by atoms with E-state index in [2.05, 4.69) is 9.78 Å². The molecule has 2 rings (SSSR count). The standard InChI is InChI=1S/C12H19N3O2S/c13-11(12(16)17)8-18-7-9-5-6-15(14-9)10-3-1-2-4-10/h5-6,10-11H,1-4,7-8,13H2,(H,16,17)/t11-/m1/s1. The highest BCUT2D eigenvalue weighted by molar-refractivity contribution is 7.98. The van der Waals surface area contributed by atoms with E-state index >= 15 is 0 Å². The van der Waals surface area contributed by atoms with Crippen LogP contribution in [0.25, 0.3) is 0 Å². The minimum absolute atomic E-state index is 0.422. The number of thioether (sulfide) groups is 1. The van der Waals surface area contributed by atoms with E-state index in [1.54, 1.807) is 0 Å². The van der Waals surface area contributed by atoms with Gasteiger partial charge in [-0.05, 0) is 18.9 Å². The molecule has 0 amide bonds. The topological polar surface area (TPSA) is 81.1 Å². The number of hydrogen-bond donors (Lipinski definition) is 2. The largest absolute Gasteiger partial charge is 0.480 e. The first-order valence-corrected chi connectivity index (χ1v) is 7.42. The molecule has 0 unspecified atom stereocenters. The molecule has 1 atom stereocenters. The zero-order valence-corrected chi connectivity index (χ0v) is 11.1. The van der Waals surface area contributed by atoms with E-state index in [0.717, 1.165) is 11.4 Å². The molecule has 0 aromatic carbocycles. The second-order valence-electron chi connectivity index (χ2n) is 4.69. The highest BCUT2D eigenvalue weighted by Gasteiger charge is 2.17. The van der Waals surface area contributed by atoms with Crippen molar-refractivity contribution < 1.29 is 9.90 Å².